The van der Waals surface area contributed by atoms with E-state index < -0.39 is 0 Å². The highest BCUT2D eigenvalue weighted by molar-refractivity contribution is 9.10. The zero-order chi connectivity index (χ0) is 13.8. The molecule has 0 fully saturated rings. The maximum absolute atomic E-state index is 9.15. The van der Waals surface area contributed by atoms with Gasteiger partial charge in [-0.25, -0.2) is 4.98 Å². The maximum Gasteiger partial charge on any atom is 0.224 e. The van der Waals surface area contributed by atoms with Crippen LogP contribution < -0.4 is 10.2 Å². The van der Waals surface area contributed by atoms with Crippen molar-refractivity contribution in [1.82, 2.24) is 9.97 Å². The Morgan fingerprint density at radius 3 is 2.79 bits per heavy atom. The lowest BCUT2D eigenvalue weighted by molar-refractivity contribution is 1.06. The molecule has 0 aliphatic rings. The van der Waals surface area contributed by atoms with Crippen LogP contribution in [-0.4, -0.2) is 24.1 Å². The summed E-state index contributed by atoms with van der Waals surface area (Å²) in [6, 6.07) is 9.56. The number of halogens is 1. The van der Waals surface area contributed by atoms with Gasteiger partial charge in [-0.3, -0.25) is 0 Å². The van der Waals surface area contributed by atoms with Crippen molar-refractivity contribution in [1.29, 1.82) is 5.26 Å². The van der Waals surface area contributed by atoms with Gasteiger partial charge in [-0.2, -0.15) is 10.2 Å². The van der Waals surface area contributed by atoms with Crippen LogP contribution in [0.3, 0.4) is 0 Å². The Morgan fingerprint density at radius 1 is 1.37 bits per heavy atom. The number of benzene rings is 1. The Morgan fingerprint density at radius 2 is 2.11 bits per heavy atom. The number of rotatable bonds is 3. The van der Waals surface area contributed by atoms with Gasteiger partial charge in [0.2, 0.25) is 5.95 Å². The van der Waals surface area contributed by atoms with Crippen molar-refractivity contribution in [3.63, 3.8) is 0 Å². The number of nitriles is 1. The van der Waals surface area contributed by atoms with Gasteiger partial charge in [0.15, 0.2) is 5.82 Å². The topological polar surface area (TPSA) is 64.8 Å². The predicted octanol–water partition coefficient (Wildman–Crippen LogP) is 2.92. The van der Waals surface area contributed by atoms with E-state index in [-0.39, 0.29) is 0 Å². The zero-order valence-corrected chi connectivity index (χ0v) is 12.1. The number of para-hydroxylation sites is 1. The minimum atomic E-state index is 0.527. The first-order chi connectivity index (χ1) is 9.17. The van der Waals surface area contributed by atoms with E-state index in [1.54, 1.807) is 19.3 Å². The second kappa shape index (κ2) is 5.67. The fraction of sp³-hybridized carbons (Fsp3) is 0.154. The SMILES string of the molecule is CNc1ncc(Br)c(N(C)c2ccccc2C#N)n1. The van der Waals surface area contributed by atoms with E-state index in [1.807, 2.05) is 30.1 Å². The molecular formula is C13H12BrN5. The van der Waals surface area contributed by atoms with Gasteiger partial charge in [0.1, 0.15) is 6.07 Å². The molecule has 5 nitrogen and oxygen atoms in total. The quantitative estimate of drug-likeness (QED) is 0.942. The molecule has 0 amide bonds. The first-order valence-corrected chi connectivity index (χ1v) is 6.40. The van der Waals surface area contributed by atoms with Crippen molar-refractivity contribution in [2.45, 2.75) is 0 Å². The van der Waals surface area contributed by atoms with Gasteiger partial charge in [0.25, 0.3) is 0 Å². The van der Waals surface area contributed by atoms with Crippen molar-refractivity contribution in [3.05, 3.63) is 40.5 Å². The molecule has 0 saturated heterocycles. The van der Waals surface area contributed by atoms with E-state index in [2.05, 4.69) is 37.3 Å². The van der Waals surface area contributed by atoms with Crippen LogP contribution in [0.5, 0.6) is 0 Å². The van der Waals surface area contributed by atoms with Crippen molar-refractivity contribution < 1.29 is 0 Å². The molecule has 96 valence electrons. The molecule has 1 aromatic heterocycles. The Kier molecular flexibility index (Phi) is 3.97. The van der Waals surface area contributed by atoms with Gasteiger partial charge in [0, 0.05) is 20.3 Å². The first-order valence-electron chi connectivity index (χ1n) is 5.60. The molecular weight excluding hydrogens is 306 g/mol. The molecule has 0 bridgehead atoms. The van der Waals surface area contributed by atoms with E-state index in [0.29, 0.717) is 17.3 Å². The molecule has 2 rings (SSSR count). The third kappa shape index (κ3) is 2.66. The van der Waals surface area contributed by atoms with Crippen molar-refractivity contribution in [2.75, 3.05) is 24.3 Å². The molecule has 0 saturated carbocycles. The Balaban J connectivity index is 2.50. The molecule has 0 atom stereocenters. The van der Waals surface area contributed by atoms with E-state index in [1.165, 1.54) is 0 Å². The van der Waals surface area contributed by atoms with Crippen molar-refractivity contribution in [2.24, 2.45) is 0 Å². The van der Waals surface area contributed by atoms with Gasteiger partial charge >= 0.3 is 0 Å². The van der Waals surface area contributed by atoms with Crippen LogP contribution in [-0.2, 0) is 0 Å². The van der Waals surface area contributed by atoms with E-state index in [4.69, 9.17) is 5.26 Å². The molecule has 0 aliphatic heterocycles. The lowest BCUT2D eigenvalue weighted by Gasteiger charge is -2.20. The Bertz CT molecular complexity index is 635. The lowest BCUT2D eigenvalue weighted by atomic mass is 10.2. The number of nitrogens with zero attached hydrogens (tertiary/aromatic N) is 4. The molecule has 1 N–H and O–H groups in total. The first kappa shape index (κ1) is 13.3. The van der Waals surface area contributed by atoms with Crippen LogP contribution in [0.25, 0.3) is 0 Å². The second-order valence-corrected chi connectivity index (χ2v) is 4.66. The number of anilines is 3. The summed E-state index contributed by atoms with van der Waals surface area (Å²) in [6.07, 6.45) is 1.68. The van der Waals surface area contributed by atoms with Crippen molar-refractivity contribution >= 4 is 33.4 Å². The Labute approximate surface area is 120 Å². The highest BCUT2D eigenvalue weighted by Crippen LogP contribution is 2.30. The molecule has 0 aliphatic carbocycles. The summed E-state index contributed by atoms with van der Waals surface area (Å²) in [6.45, 7) is 0. The van der Waals surface area contributed by atoms with Crippen molar-refractivity contribution in [3.8, 4) is 6.07 Å². The second-order valence-electron chi connectivity index (χ2n) is 3.80. The molecule has 6 heteroatoms. The minimum Gasteiger partial charge on any atom is -0.357 e. The molecule has 0 spiro atoms. The molecule has 1 heterocycles. The fourth-order valence-corrected chi connectivity index (χ4v) is 2.15. The van der Waals surface area contributed by atoms with Gasteiger partial charge in [-0.1, -0.05) is 12.1 Å². The maximum atomic E-state index is 9.15. The molecule has 0 radical (unpaired) electrons. The third-order valence-corrected chi connectivity index (χ3v) is 3.21. The average Bonchev–Trinajstić information content (AvgIpc) is 2.47. The number of nitrogens with one attached hydrogen (secondary N) is 1. The predicted molar refractivity (Wildman–Crippen MR) is 78.5 cm³/mol. The molecule has 19 heavy (non-hydrogen) atoms. The third-order valence-electron chi connectivity index (χ3n) is 2.65. The van der Waals surface area contributed by atoms with Gasteiger partial charge in [-0.15, -0.1) is 0 Å². The van der Waals surface area contributed by atoms with E-state index in [0.717, 1.165) is 10.2 Å². The van der Waals surface area contributed by atoms with Crippen LogP contribution in [0, 0.1) is 11.3 Å². The Hall–Kier alpha value is -2.13. The molecule has 0 unspecified atom stereocenters. The highest BCUT2D eigenvalue weighted by Gasteiger charge is 2.14. The number of aromatic nitrogens is 2. The number of hydrogen-bond donors (Lipinski definition) is 1. The summed E-state index contributed by atoms with van der Waals surface area (Å²) in [5.74, 6) is 1.22. The molecule has 1 aromatic carbocycles. The smallest absolute Gasteiger partial charge is 0.224 e. The lowest BCUT2D eigenvalue weighted by Crippen LogP contribution is -2.14. The van der Waals surface area contributed by atoms with E-state index >= 15 is 0 Å². The van der Waals surface area contributed by atoms with Crippen LogP contribution in [0.2, 0.25) is 0 Å². The summed E-state index contributed by atoms with van der Waals surface area (Å²) >= 11 is 3.43. The summed E-state index contributed by atoms with van der Waals surface area (Å²) in [4.78, 5) is 10.4. The normalized spacial score (nSPS) is 9.79. The molecule has 2 aromatic rings. The van der Waals surface area contributed by atoms with Gasteiger partial charge in [0.05, 0.1) is 15.7 Å². The summed E-state index contributed by atoms with van der Waals surface area (Å²) < 4.78 is 0.766. The monoisotopic (exact) mass is 317 g/mol. The summed E-state index contributed by atoms with van der Waals surface area (Å²) in [5, 5.41) is 12.0. The van der Waals surface area contributed by atoms with E-state index in [9.17, 15) is 0 Å². The van der Waals surface area contributed by atoms with Crippen LogP contribution in [0.1, 0.15) is 5.56 Å². The standard InChI is InChI=1S/C13H12BrN5/c1-16-13-17-8-10(14)12(18-13)19(2)11-6-4-3-5-9(11)7-15/h3-6,8H,1-2H3,(H,16,17,18). The van der Waals surface area contributed by atoms with Gasteiger partial charge < -0.3 is 10.2 Å². The summed E-state index contributed by atoms with van der Waals surface area (Å²) in [7, 11) is 3.62. The van der Waals surface area contributed by atoms with Crippen LogP contribution in [0.4, 0.5) is 17.5 Å². The zero-order valence-electron chi connectivity index (χ0n) is 10.6. The summed E-state index contributed by atoms with van der Waals surface area (Å²) in [5.41, 5.74) is 1.40. The highest BCUT2D eigenvalue weighted by atomic mass is 79.9. The largest absolute Gasteiger partial charge is 0.357 e. The average molecular weight is 318 g/mol. The number of hydrogen-bond acceptors (Lipinski definition) is 5. The van der Waals surface area contributed by atoms with Crippen LogP contribution >= 0.6 is 15.9 Å². The minimum absolute atomic E-state index is 0.527. The van der Waals surface area contributed by atoms with Crippen LogP contribution in [0.15, 0.2) is 34.9 Å². The fourth-order valence-electron chi connectivity index (χ4n) is 1.69. The van der Waals surface area contributed by atoms with Gasteiger partial charge in [-0.05, 0) is 28.1 Å².